The minimum Gasteiger partial charge on any atom is -0.481 e. The largest absolute Gasteiger partial charge is 0.481 e. The van der Waals surface area contributed by atoms with Gasteiger partial charge in [-0.15, -0.1) is 5.10 Å². The zero-order valence-electron chi connectivity index (χ0n) is 14.8. The lowest BCUT2D eigenvalue weighted by atomic mass is 9.99. The van der Waals surface area contributed by atoms with E-state index in [1.807, 2.05) is 36.4 Å². The molecule has 0 fully saturated rings. The van der Waals surface area contributed by atoms with Crippen molar-refractivity contribution in [2.45, 2.75) is 5.16 Å². The number of rotatable bonds is 7. The first kappa shape index (κ1) is 18.0. The number of hydrogen-bond donors (Lipinski definition) is 4. The predicted molar refractivity (Wildman–Crippen MR) is 106 cm³/mol. The minimum absolute atomic E-state index is 0.101. The summed E-state index contributed by atoms with van der Waals surface area (Å²) >= 11 is 1.06. The smallest absolute Gasteiger partial charge is 0.313 e. The lowest BCUT2D eigenvalue weighted by molar-refractivity contribution is -0.133. The molecule has 10 heteroatoms. The number of nitrogens with one attached hydrogen (secondary N) is 3. The van der Waals surface area contributed by atoms with Crippen LogP contribution in [-0.2, 0) is 9.63 Å². The van der Waals surface area contributed by atoms with Gasteiger partial charge >= 0.3 is 5.97 Å². The Kier molecular flexibility index (Phi) is 4.96. The van der Waals surface area contributed by atoms with Crippen LogP contribution in [0.3, 0.4) is 0 Å². The number of H-pyrrole nitrogens is 2. The molecule has 0 aliphatic rings. The van der Waals surface area contributed by atoms with E-state index in [4.69, 9.17) is 9.94 Å². The summed E-state index contributed by atoms with van der Waals surface area (Å²) in [5, 5.41) is 24.2. The van der Waals surface area contributed by atoms with Crippen molar-refractivity contribution in [1.29, 1.82) is 0 Å². The van der Waals surface area contributed by atoms with Crippen molar-refractivity contribution < 1.29 is 14.7 Å². The van der Waals surface area contributed by atoms with Gasteiger partial charge in [-0.3, -0.25) is 25.3 Å². The number of nitrogens with zero attached hydrogens (tertiary/aromatic N) is 3. The number of fused-ring (bicyclic) bond motifs is 1. The highest BCUT2D eigenvalue weighted by Crippen LogP contribution is 2.33. The Morgan fingerprint density at radius 3 is 2.93 bits per heavy atom. The SMILES string of the molecule is CONc1cc(-c2nc(SCC(=O)O)n[nH]2)cc(-c2cccc3[nH]ncc23)c1. The molecule has 0 unspecified atom stereocenters. The number of carboxylic acid groups (broad SMARTS) is 1. The van der Waals surface area contributed by atoms with Crippen LogP contribution in [-0.4, -0.2) is 49.3 Å². The van der Waals surface area contributed by atoms with E-state index in [1.54, 1.807) is 6.20 Å². The quantitative estimate of drug-likeness (QED) is 0.277. The molecule has 0 saturated heterocycles. The van der Waals surface area contributed by atoms with Gasteiger partial charge in [0.15, 0.2) is 5.82 Å². The van der Waals surface area contributed by atoms with E-state index >= 15 is 0 Å². The number of hydrogen-bond acceptors (Lipinski definition) is 7. The van der Waals surface area contributed by atoms with Gasteiger partial charge in [0.2, 0.25) is 5.16 Å². The van der Waals surface area contributed by atoms with Crippen LogP contribution in [0.4, 0.5) is 5.69 Å². The van der Waals surface area contributed by atoms with Crippen molar-refractivity contribution in [2.24, 2.45) is 0 Å². The maximum absolute atomic E-state index is 10.7. The predicted octanol–water partition coefficient (Wildman–Crippen LogP) is 3.17. The molecule has 4 N–H and O–H groups in total. The summed E-state index contributed by atoms with van der Waals surface area (Å²) in [5.41, 5.74) is 7.27. The fraction of sp³-hybridized carbons (Fsp3) is 0.111. The molecule has 0 saturated carbocycles. The first-order valence-electron chi connectivity index (χ1n) is 8.28. The van der Waals surface area contributed by atoms with Crippen LogP contribution in [0, 0.1) is 0 Å². The molecule has 0 atom stereocenters. The molecule has 2 aromatic heterocycles. The Labute approximate surface area is 163 Å². The van der Waals surface area contributed by atoms with E-state index < -0.39 is 5.97 Å². The minimum atomic E-state index is -0.918. The summed E-state index contributed by atoms with van der Waals surface area (Å²) in [6, 6.07) is 11.8. The van der Waals surface area contributed by atoms with Gasteiger partial charge in [-0.2, -0.15) is 5.10 Å². The molecular formula is C18H16N6O3S. The van der Waals surface area contributed by atoms with Gasteiger partial charge in [0.05, 0.1) is 30.3 Å². The lowest BCUT2D eigenvalue weighted by Crippen LogP contribution is -1.98. The van der Waals surface area contributed by atoms with Crippen molar-refractivity contribution in [3.8, 4) is 22.5 Å². The van der Waals surface area contributed by atoms with E-state index in [2.05, 4.69) is 30.9 Å². The van der Waals surface area contributed by atoms with E-state index in [0.717, 1.165) is 45.0 Å². The van der Waals surface area contributed by atoms with Crippen LogP contribution in [0.2, 0.25) is 0 Å². The molecule has 142 valence electrons. The normalized spacial score (nSPS) is 11.0. The van der Waals surface area contributed by atoms with Crippen LogP contribution < -0.4 is 5.48 Å². The Morgan fingerprint density at radius 1 is 1.25 bits per heavy atom. The van der Waals surface area contributed by atoms with Gasteiger partial charge in [-0.05, 0) is 35.4 Å². The van der Waals surface area contributed by atoms with Crippen LogP contribution in [0.25, 0.3) is 33.4 Å². The number of benzene rings is 2. The first-order chi connectivity index (χ1) is 13.6. The van der Waals surface area contributed by atoms with Crippen molar-refractivity contribution in [3.05, 3.63) is 42.6 Å². The third-order valence-corrected chi connectivity index (χ3v) is 4.84. The van der Waals surface area contributed by atoms with Crippen molar-refractivity contribution in [2.75, 3.05) is 18.3 Å². The summed E-state index contributed by atoms with van der Waals surface area (Å²) < 4.78 is 0. The average molecular weight is 396 g/mol. The summed E-state index contributed by atoms with van der Waals surface area (Å²) in [4.78, 5) is 20.2. The number of anilines is 1. The molecule has 9 nitrogen and oxygen atoms in total. The number of thioether (sulfide) groups is 1. The second-order valence-corrected chi connectivity index (χ2v) is 6.83. The second kappa shape index (κ2) is 7.71. The van der Waals surface area contributed by atoms with Crippen LogP contribution in [0.15, 0.2) is 47.8 Å². The Balaban J connectivity index is 1.76. The van der Waals surface area contributed by atoms with Gasteiger partial charge in [-0.25, -0.2) is 4.98 Å². The standard InChI is InChI=1S/C18H16N6O3S/c1-27-24-12-6-10(13-3-2-4-15-14(13)8-19-21-15)5-11(7-12)17-20-18(23-22-17)28-9-16(25)26/h2-8,24H,9H2,1H3,(H,19,21)(H,25,26)(H,20,22,23). The fourth-order valence-electron chi connectivity index (χ4n) is 2.88. The molecular weight excluding hydrogens is 380 g/mol. The van der Waals surface area contributed by atoms with E-state index in [0.29, 0.717) is 11.0 Å². The highest BCUT2D eigenvalue weighted by Gasteiger charge is 2.13. The van der Waals surface area contributed by atoms with Crippen LogP contribution in [0.5, 0.6) is 0 Å². The molecule has 0 bridgehead atoms. The highest BCUT2D eigenvalue weighted by molar-refractivity contribution is 7.99. The van der Waals surface area contributed by atoms with Crippen LogP contribution in [0.1, 0.15) is 0 Å². The fourth-order valence-corrected chi connectivity index (χ4v) is 3.40. The molecule has 0 amide bonds. The molecule has 4 aromatic rings. The van der Waals surface area contributed by atoms with Gasteiger partial charge in [0.25, 0.3) is 0 Å². The number of carboxylic acids is 1. The third-order valence-electron chi connectivity index (χ3n) is 4.01. The summed E-state index contributed by atoms with van der Waals surface area (Å²) in [7, 11) is 1.54. The average Bonchev–Trinajstić information content (AvgIpc) is 3.35. The first-order valence-corrected chi connectivity index (χ1v) is 9.26. The zero-order chi connectivity index (χ0) is 19.5. The van der Waals surface area contributed by atoms with E-state index in [-0.39, 0.29) is 5.75 Å². The van der Waals surface area contributed by atoms with Gasteiger partial charge in [-0.1, -0.05) is 23.9 Å². The van der Waals surface area contributed by atoms with E-state index in [1.165, 1.54) is 7.11 Å². The van der Waals surface area contributed by atoms with E-state index in [9.17, 15) is 4.79 Å². The summed E-state index contributed by atoms with van der Waals surface area (Å²) in [6.07, 6.45) is 1.79. The topological polar surface area (TPSA) is 129 Å². The molecule has 2 heterocycles. The molecule has 0 aliphatic heterocycles. The maximum atomic E-state index is 10.7. The molecule has 28 heavy (non-hydrogen) atoms. The lowest BCUT2D eigenvalue weighted by Gasteiger charge is -2.10. The molecule has 4 rings (SSSR count). The zero-order valence-corrected chi connectivity index (χ0v) is 15.6. The Hall–Kier alpha value is -3.37. The van der Waals surface area contributed by atoms with Gasteiger partial charge in [0.1, 0.15) is 0 Å². The monoisotopic (exact) mass is 396 g/mol. The number of aromatic nitrogens is 5. The number of carbonyl (C=O) groups is 1. The maximum Gasteiger partial charge on any atom is 0.313 e. The van der Waals surface area contributed by atoms with Gasteiger partial charge < -0.3 is 5.11 Å². The number of aromatic amines is 2. The second-order valence-electron chi connectivity index (χ2n) is 5.89. The highest BCUT2D eigenvalue weighted by atomic mass is 32.2. The molecule has 2 aromatic carbocycles. The van der Waals surface area contributed by atoms with Crippen molar-refractivity contribution in [3.63, 3.8) is 0 Å². The summed E-state index contributed by atoms with van der Waals surface area (Å²) in [5.74, 6) is -0.484. The molecule has 0 radical (unpaired) electrons. The van der Waals surface area contributed by atoms with Crippen molar-refractivity contribution in [1.82, 2.24) is 25.4 Å². The van der Waals surface area contributed by atoms with Crippen molar-refractivity contribution >= 4 is 34.3 Å². The Morgan fingerprint density at radius 2 is 2.11 bits per heavy atom. The Bertz CT molecular complexity index is 1140. The molecule has 0 spiro atoms. The van der Waals surface area contributed by atoms with Gasteiger partial charge in [0, 0.05) is 10.9 Å². The summed E-state index contributed by atoms with van der Waals surface area (Å²) in [6.45, 7) is 0. The number of aliphatic carboxylic acids is 1. The van der Waals surface area contributed by atoms with Crippen LogP contribution >= 0.6 is 11.8 Å². The molecule has 0 aliphatic carbocycles. The third kappa shape index (κ3) is 3.68.